The molecule has 0 saturated carbocycles. The number of aromatic nitrogens is 1. The maximum absolute atomic E-state index is 5.92. The monoisotopic (exact) mass is 275 g/mol. The molecule has 1 unspecified atom stereocenters. The van der Waals surface area contributed by atoms with Gasteiger partial charge in [0.15, 0.2) is 0 Å². The van der Waals surface area contributed by atoms with E-state index in [4.69, 9.17) is 17.4 Å². The Morgan fingerprint density at radius 1 is 1.05 bits per heavy atom. The molecule has 0 bridgehead atoms. The van der Waals surface area contributed by atoms with Crippen molar-refractivity contribution in [3.63, 3.8) is 0 Å². The largest absolute Gasteiger partial charge is 0.271 e. The minimum Gasteiger partial charge on any atom is -0.271 e. The number of nitrogens with two attached hydrogens (primary N) is 1. The summed E-state index contributed by atoms with van der Waals surface area (Å²) in [4.78, 5) is 3.98. The van der Waals surface area contributed by atoms with Crippen LogP contribution in [0.25, 0.3) is 0 Å². The summed E-state index contributed by atoms with van der Waals surface area (Å²) in [5, 5.41) is 0.469. The molecular weight excluding hydrogens is 258 g/mol. The van der Waals surface area contributed by atoms with Gasteiger partial charge in [0.2, 0.25) is 0 Å². The van der Waals surface area contributed by atoms with Crippen LogP contribution in [0.4, 0.5) is 0 Å². The summed E-state index contributed by atoms with van der Waals surface area (Å²) >= 11 is 5.92. The van der Waals surface area contributed by atoms with Crippen molar-refractivity contribution in [2.24, 2.45) is 5.84 Å². The molecular formula is C15H18ClN3. The highest BCUT2D eigenvalue weighted by Crippen LogP contribution is 2.24. The van der Waals surface area contributed by atoms with E-state index < -0.39 is 0 Å². The Morgan fingerprint density at radius 2 is 1.68 bits per heavy atom. The van der Waals surface area contributed by atoms with E-state index >= 15 is 0 Å². The average Bonchev–Trinajstić information content (AvgIpc) is 2.40. The number of hydrogen-bond donors (Lipinski definition) is 2. The third kappa shape index (κ3) is 3.32. The van der Waals surface area contributed by atoms with Gasteiger partial charge in [0, 0.05) is 6.20 Å². The second-order valence-corrected chi connectivity index (χ2v) is 5.22. The van der Waals surface area contributed by atoms with E-state index in [1.807, 2.05) is 12.1 Å². The number of benzene rings is 1. The van der Waals surface area contributed by atoms with Crippen LogP contribution in [-0.2, 0) is 0 Å². The predicted molar refractivity (Wildman–Crippen MR) is 78.9 cm³/mol. The topological polar surface area (TPSA) is 50.9 Å². The minimum atomic E-state index is -0.0817. The van der Waals surface area contributed by atoms with Crippen LogP contribution in [-0.4, -0.2) is 4.98 Å². The van der Waals surface area contributed by atoms with Gasteiger partial charge in [-0.05, 0) is 34.7 Å². The average molecular weight is 276 g/mol. The second kappa shape index (κ2) is 6.15. The van der Waals surface area contributed by atoms with Crippen LogP contribution < -0.4 is 11.3 Å². The van der Waals surface area contributed by atoms with Crippen molar-refractivity contribution in [2.75, 3.05) is 0 Å². The van der Waals surface area contributed by atoms with Gasteiger partial charge in [-0.1, -0.05) is 49.7 Å². The number of rotatable bonds is 4. The Hall–Kier alpha value is -1.42. The van der Waals surface area contributed by atoms with Gasteiger partial charge in [-0.2, -0.15) is 0 Å². The molecule has 0 saturated heterocycles. The Morgan fingerprint density at radius 3 is 2.21 bits per heavy atom. The minimum absolute atomic E-state index is 0.0817. The molecule has 0 aliphatic heterocycles. The Bertz CT molecular complexity index is 537. The highest BCUT2D eigenvalue weighted by atomic mass is 35.5. The molecule has 1 aromatic carbocycles. The smallest absolute Gasteiger partial charge is 0.129 e. The van der Waals surface area contributed by atoms with Crippen molar-refractivity contribution < 1.29 is 0 Å². The van der Waals surface area contributed by atoms with Crippen molar-refractivity contribution in [3.8, 4) is 0 Å². The van der Waals surface area contributed by atoms with E-state index in [1.54, 1.807) is 6.20 Å². The Labute approximate surface area is 118 Å². The van der Waals surface area contributed by atoms with Crippen molar-refractivity contribution in [3.05, 3.63) is 64.4 Å². The van der Waals surface area contributed by atoms with E-state index in [0.717, 1.165) is 11.1 Å². The summed E-state index contributed by atoms with van der Waals surface area (Å²) in [5.74, 6) is 6.19. The van der Waals surface area contributed by atoms with Crippen LogP contribution in [0.1, 0.15) is 42.5 Å². The molecule has 0 amide bonds. The third-order valence-corrected chi connectivity index (χ3v) is 3.39. The van der Waals surface area contributed by atoms with Crippen LogP contribution in [0.15, 0.2) is 42.6 Å². The highest BCUT2D eigenvalue weighted by molar-refractivity contribution is 6.29. The summed E-state index contributed by atoms with van der Waals surface area (Å²) in [6.07, 6.45) is 1.69. The van der Waals surface area contributed by atoms with Gasteiger partial charge in [0.25, 0.3) is 0 Å². The number of hydrazine groups is 1. The molecule has 19 heavy (non-hydrogen) atoms. The van der Waals surface area contributed by atoms with Crippen LogP contribution in [0.2, 0.25) is 5.15 Å². The molecule has 3 N–H and O–H groups in total. The molecule has 4 heteroatoms. The van der Waals surface area contributed by atoms with E-state index in [-0.39, 0.29) is 6.04 Å². The normalized spacial score (nSPS) is 12.7. The summed E-state index contributed by atoms with van der Waals surface area (Å²) in [6.45, 7) is 4.35. The van der Waals surface area contributed by atoms with Crippen molar-refractivity contribution in [1.82, 2.24) is 10.4 Å². The van der Waals surface area contributed by atoms with E-state index in [1.165, 1.54) is 5.56 Å². The van der Waals surface area contributed by atoms with Gasteiger partial charge in [-0.15, -0.1) is 0 Å². The quantitative estimate of drug-likeness (QED) is 0.511. The molecule has 0 aliphatic carbocycles. The lowest BCUT2D eigenvalue weighted by molar-refractivity contribution is 0.635. The first kappa shape index (κ1) is 14.0. The van der Waals surface area contributed by atoms with Crippen LogP contribution >= 0.6 is 11.6 Å². The lowest BCUT2D eigenvalue weighted by Crippen LogP contribution is -2.28. The fourth-order valence-electron chi connectivity index (χ4n) is 2.06. The van der Waals surface area contributed by atoms with Gasteiger partial charge in [0.1, 0.15) is 5.15 Å². The van der Waals surface area contributed by atoms with Gasteiger partial charge < -0.3 is 0 Å². The molecule has 0 radical (unpaired) electrons. The lowest BCUT2D eigenvalue weighted by Gasteiger charge is -2.17. The molecule has 2 aromatic rings. The highest BCUT2D eigenvalue weighted by Gasteiger charge is 2.13. The van der Waals surface area contributed by atoms with E-state index in [0.29, 0.717) is 11.1 Å². The molecule has 100 valence electrons. The van der Waals surface area contributed by atoms with Crippen LogP contribution in [0.3, 0.4) is 0 Å². The fourth-order valence-corrected chi connectivity index (χ4v) is 2.24. The van der Waals surface area contributed by atoms with Gasteiger partial charge >= 0.3 is 0 Å². The molecule has 0 spiro atoms. The van der Waals surface area contributed by atoms with Crippen molar-refractivity contribution in [2.45, 2.75) is 25.8 Å². The van der Waals surface area contributed by atoms with Gasteiger partial charge in [-0.25, -0.2) is 10.4 Å². The number of nitrogens with one attached hydrogen (secondary N) is 1. The Kier molecular flexibility index (Phi) is 4.53. The first-order valence-electron chi connectivity index (χ1n) is 6.29. The lowest BCUT2D eigenvalue weighted by atomic mass is 9.96. The van der Waals surface area contributed by atoms with E-state index in [2.05, 4.69) is 48.5 Å². The van der Waals surface area contributed by atoms with Gasteiger partial charge in [0.05, 0.1) is 6.04 Å². The summed E-state index contributed by atoms with van der Waals surface area (Å²) in [7, 11) is 0. The molecule has 3 nitrogen and oxygen atoms in total. The summed E-state index contributed by atoms with van der Waals surface area (Å²) < 4.78 is 0. The molecule has 1 heterocycles. The van der Waals surface area contributed by atoms with Crippen molar-refractivity contribution in [1.29, 1.82) is 0 Å². The maximum Gasteiger partial charge on any atom is 0.129 e. The zero-order valence-electron chi connectivity index (χ0n) is 11.1. The van der Waals surface area contributed by atoms with E-state index in [9.17, 15) is 0 Å². The molecule has 2 rings (SSSR count). The first-order valence-corrected chi connectivity index (χ1v) is 6.67. The maximum atomic E-state index is 5.92. The predicted octanol–water partition coefficient (Wildman–Crippen LogP) is 3.41. The number of nitrogens with zero attached hydrogens (tertiary/aromatic N) is 1. The molecule has 1 aromatic heterocycles. The van der Waals surface area contributed by atoms with Crippen LogP contribution in [0.5, 0.6) is 0 Å². The number of halogens is 1. The zero-order chi connectivity index (χ0) is 13.8. The summed E-state index contributed by atoms with van der Waals surface area (Å²) in [5.41, 5.74) is 6.24. The first-order chi connectivity index (χ1) is 9.11. The molecule has 0 aliphatic rings. The second-order valence-electron chi connectivity index (χ2n) is 4.83. The standard InChI is InChI=1S/C15H18ClN3/c1-10(2)11-3-5-12(6-4-11)15(19-17)13-7-8-18-14(16)9-13/h3-10,15,19H,17H2,1-2H3. The Balaban J connectivity index is 2.31. The number of pyridine rings is 1. The van der Waals surface area contributed by atoms with Crippen molar-refractivity contribution >= 4 is 11.6 Å². The fraction of sp³-hybridized carbons (Fsp3) is 0.267. The SMILES string of the molecule is CC(C)c1ccc(C(NN)c2ccnc(Cl)c2)cc1. The molecule has 0 fully saturated rings. The summed E-state index contributed by atoms with van der Waals surface area (Å²) in [6, 6.07) is 12.1. The zero-order valence-corrected chi connectivity index (χ0v) is 11.9. The van der Waals surface area contributed by atoms with Gasteiger partial charge in [-0.3, -0.25) is 5.84 Å². The third-order valence-electron chi connectivity index (χ3n) is 3.19. The molecule has 1 atom stereocenters. The number of hydrogen-bond acceptors (Lipinski definition) is 3. The van der Waals surface area contributed by atoms with Crippen LogP contribution in [0, 0.1) is 0 Å².